The van der Waals surface area contributed by atoms with Gasteiger partial charge in [-0.1, -0.05) is 36.2 Å². The molecule has 2 atom stereocenters. The quantitative estimate of drug-likeness (QED) is 0.827. The highest BCUT2D eigenvalue weighted by atomic mass is 35.5. The minimum atomic E-state index is -0.503. The van der Waals surface area contributed by atoms with Gasteiger partial charge in [0.15, 0.2) is 0 Å². The topological polar surface area (TPSA) is 20.2 Å². The van der Waals surface area contributed by atoms with Crippen LogP contribution in [-0.4, -0.2) is 10.7 Å². The number of hydrogen-bond donors (Lipinski definition) is 1. The van der Waals surface area contributed by atoms with Gasteiger partial charge in [0, 0.05) is 6.42 Å². The van der Waals surface area contributed by atoms with Crippen molar-refractivity contribution in [2.24, 2.45) is 5.92 Å². The normalized spacial score (nSPS) is 30.4. The summed E-state index contributed by atoms with van der Waals surface area (Å²) in [5, 5.41) is 11.1. The Morgan fingerprint density at radius 1 is 1.43 bits per heavy atom. The predicted octanol–water partition coefficient (Wildman–Crippen LogP) is 3.31. The fourth-order valence-corrected chi connectivity index (χ4v) is 2.04. The van der Waals surface area contributed by atoms with E-state index in [-0.39, 0.29) is 0 Å². The summed E-state index contributed by atoms with van der Waals surface area (Å²) in [6, 6.07) is 5.51. The molecule has 0 saturated heterocycles. The van der Waals surface area contributed by atoms with Gasteiger partial charge in [-0.05, 0) is 30.0 Å². The predicted molar refractivity (Wildman–Crippen MR) is 58.9 cm³/mol. The Hall–Kier alpha value is -0.240. The van der Waals surface area contributed by atoms with E-state index in [9.17, 15) is 5.11 Å². The Kier molecular flexibility index (Phi) is 2.50. The zero-order valence-electron chi connectivity index (χ0n) is 7.93. The van der Waals surface area contributed by atoms with E-state index >= 15 is 0 Å². The van der Waals surface area contributed by atoms with E-state index in [1.165, 1.54) is 0 Å². The van der Waals surface area contributed by atoms with Crippen LogP contribution in [0.15, 0.2) is 18.2 Å². The van der Waals surface area contributed by atoms with Crippen LogP contribution in [-0.2, 0) is 6.42 Å². The lowest BCUT2D eigenvalue weighted by Crippen LogP contribution is -2.13. The summed E-state index contributed by atoms with van der Waals surface area (Å²) < 4.78 is 0. The van der Waals surface area contributed by atoms with Gasteiger partial charge >= 0.3 is 0 Å². The molecule has 1 aromatic rings. The van der Waals surface area contributed by atoms with Gasteiger partial charge in [0.1, 0.15) is 0 Å². The summed E-state index contributed by atoms with van der Waals surface area (Å²) in [5.74, 6) is 0.400. The zero-order valence-corrected chi connectivity index (χ0v) is 9.44. The second-order valence-electron chi connectivity index (χ2n) is 4.13. The summed E-state index contributed by atoms with van der Waals surface area (Å²) in [6.45, 7) is 2.05. The number of hydrogen-bond acceptors (Lipinski definition) is 1. The number of benzene rings is 1. The molecule has 2 rings (SSSR count). The largest absolute Gasteiger partial charge is 0.389 e. The van der Waals surface area contributed by atoms with E-state index in [2.05, 4.69) is 6.92 Å². The van der Waals surface area contributed by atoms with Crippen LogP contribution < -0.4 is 0 Å². The molecule has 14 heavy (non-hydrogen) atoms. The maximum atomic E-state index is 9.93. The highest BCUT2D eigenvalue weighted by molar-refractivity contribution is 6.42. The van der Waals surface area contributed by atoms with Crippen LogP contribution in [0, 0.1) is 5.92 Å². The lowest BCUT2D eigenvalue weighted by Gasteiger charge is -2.09. The van der Waals surface area contributed by atoms with E-state index in [1.54, 1.807) is 6.07 Å². The standard InChI is InChI=1S/C11H12Cl2O/c1-7-5-11(7,14)6-8-2-3-9(12)10(13)4-8/h2-4,7,14H,5-6H2,1H3. The first-order chi connectivity index (χ1) is 6.51. The molecule has 1 aliphatic rings. The molecular weight excluding hydrogens is 219 g/mol. The van der Waals surface area contributed by atoms with Crippen LogP contribution in [0.3, 0.4) is 0 Å². The van der Waals surface area contributed by atoms with Crippen LogP contribution in [0.4, 0.5) is 0 Å². The van der Waals surface area contributed by atoms with Crippen LogP contribution in [0.5, 0.6) is 0 Å². The van der Waals surface area contributed by atoms with E-state index in [0.29, 0.717) is 22.4 Å². The number of halogens is 2. The Morgan fingerprint density at radius 3 is 2.57 bits per heavy atom. The van der Waals surface area contributed by atoms with Crippen molar-refractivity contribution in [3.8, 4) is 0 Å². The first kappa shape index (κ1) is 10.3. The smallest absolute Gasteiger partial charge is 0.0718 e. The lowest BCUT2D eigenvalue weighted by atomic mass is 10.1. The molecule has 0 amide bonds. The SMILES string of the molecule is CC1CC1(O)Cc1ccc(Cl)c(Cl)c1. The number of aliphatic hydroxyl groups is 1. The summed E-state index contributed by atoms with van der Waals surface area (Å²) in [7, 11) is 0. The van der Waals surface area contributed by atoms with Crippen molar-refractivity contribution >= 4 is 23.2 Å². The summed E-state index contributed by atoms with van der Waals surface area (Å²) >= 11 is 11.7. The molecule has 2 unspecified atom stereocenters. The van der Waals surface area contributed by atoms with Crippen molar-refractivity contribution in [1.82, 2.24) is 0 Å². The minimum absolute atomic E-state index is 0.400. The minimum Gasteiger partial charge on any atom is -0.389 e. The van der Waals surface area contributed by atoms with Gasteiger partial charge < -0.3 is 5.11 Å². The monoisotopic (exact) mass is 230 g/mol. The van der Waals surface area contributed by atoms with Gasteiger partial charge in [-0.2, -0.15) is 0 Å². The lowest BCUT2D eigenvalue weighted by molar-refractivity contribution is 0.135. The van der Waals surface area contributed by atoms with Crippen LogP contribution in [0.1, 0.15) is 18.9 Å². The summed E-state index contributed by atoms with van der Waals surface area (Å²) in [6.07, 6.45) is 1.55. The average Bonchev–Trinajstić information content (AvgIpc) is 2.67. The van der Waals surface area contributed by atoms with Crippen molar-refractivity contribution in [2.45, 2.75) is 25.4 Å². The molecule has 0 heterocycles. The fourth-order valence-electron chi connectivity index (χ4n) is 1.72. The van der Waals surface area contributed by atoms with Crippen molar-refractivity contribution in [2.75, 3.05) is 0 Å². The molecule has 76 valence electrons. The molecule has 1 aromatic carbocycles. The molecule has 1 saturated carbocycles. The van der Waals surface area contributed by atoms with Crippen molar-refractivity contribution in [3.05, 3.63) is 33.8 Å². The van der Waals surface area contributed by atoms with Gasteiger partial charge in [0.25, 0.3) is 0 Å². The maximum absolute atomic E-state index is 9.93. The molecule has 3 heteroatoms. The van der Waals surface area contributed by atoms with Crippen LogP contribution in [0.25, 0.3) is 0 Å². The molecular formula is C11H12Cl2O. The highest BCUT2D eigenvalue weighted by Crippen LogP contribution is 2.45. The second-order valence-corrected chi connectivity index (χ2v) is 4.95. The van der Waals surface area contributed by atoms with Gasteiger partial charge in [0.2, 0.25) is 0 Å². The highest BCUT2D eigenvalue weighted by Gasteiger charge is 2.49. The van der Waals surface area contributed by atoms with E-state index < -0.39 is 5.60 Å². The van der Waals surface area contributed by atoms with Crippen molar-refractivity contribution in [1.29, 1.82) is 0 Å². The third-order valence-electron chi connectivity index (χ3n) is 2.91. The molecule has 1 nitrogen and oxygen atoms in total. The van der Waals surface area contributed by atoms with E-state index in [4.69, 9.17) is 23.2 Å². The first-order valence-corrected chi connectivity index (χ1v) is 5.43. The maximum Gasteiger partial charge on any atom is 0.0718 e. The molecule has 1 aliphatic carbocycles. The molecule has 0 radical (unpaired) electrons. The second kappa shape index (κ2) is 3.41. The van der Waals surface area contributed by atoms with E-state index in [0.717, 1.165) is 12.0 Å². The Balaban J connectivity index is 2.14. The first-order valence-electron chi connectivity index (χ1n) is 4.67. The van der Waals surface area contributed by atoms with Gasteiger partial charge in [-0.3, -0.25) is 0 Å². The molecule has 0 bridgehead atoms. The molecule has 1 fully saturated rings. The van der Waals surface area contributed by atoms with Crippen LogP contribution >= 0.6 is 23.2 Å². The van der Waals surface area contributed by atoms with Crippen molar-refractivity contribution < 1.29 is 5.11 Å². The Bertz CT molecular complexity index is 364. The average molecular weight is 231 g/mol. The van der Waals surface area contributed by atoms with E-state index in [1.807, 2.05) is 12.1 Å². The molecule has 0 aliphatic heterocycles. The zero-order chi connectivity index (χ0) is 10.3. The Morgan fingerprint density at radius 2 is 2.07 bits per heavy atom. The van der Waals surface area contributed by atoms with Gasteiger partial charge in [0.05, 0.1) is 15.6 Å². The van der Waals surface area contributed by atoms with Gasteiger partial charge in [-0.25, -0.2) is 0 Å². The van der Waals surface area contributed by atoms with Crippen molar-refractivity contribution in [3.63, 3.8) is 0 Å². The molecule has 0 aromatic heterocycles. The summed E-state index contributed by atoms with van der Waals surface area (Å²) in [5.41, 5.74) is 0.545. The third-order valence-corrected chi connectivity index (χ3v) is 3.65. The van der Waals surface area contributed by atoms with Gasteiger partial charge in [-0.15, -0.1) is 0 Å². The Labute approximate surface area is 93.7 Å². The number of rotatable bonds is 2. The van der Waals surface area contributed by atoms with Crippen LogP contribution in [0.2, 0.25) is 10.0 Å². The molecule has 0 spiro atoms. The summed E-state index contributed by atoms with van der Waals surface area (Å²) in [4.78, 5) is 0. The molecule has 1 N–H and O–H groups in total. The third kappa shape index (κ3) is 1.90. The fraction of sp³-hybridized carbons (Fsp3) is 0.455.